The van der Waals surface area contributed by atoms with Crippen LogP contribution in [0, 0.1) is 0 Å². The number of unbranched alkanes of at least 4 members (excludes halogenated alkanes) is 9. The molecule has 2 aromatic heterocycles. The SMILES string of the molecule is CN=c1ccn(CCCCCCCCCCCCn2ccc(=NC)cc2)cc1. The number of aryl methyl sites for hydroxylation is 2. The van der Waals surface area contributed by atoms with Gasteiger partial charge in [-0.3, -0.25) is 9.98 Å². The molecule has 2 rings (SSSR count). The van der Waals surface area contributed by atoms with Crippen molar-refractivity contribution in [3.05, 3.63) is 59.8 Å². The van der Waals surface area contributed by atoms with E-state index in [-0.39, 0.29) is 0 Å². The van der Waals surface area contributed by atoms with Crippen molar-refractivity contribution in [2.24, 2.45) is 9.98 Å². The zero-order valence-corrected chi connectivity index (χ0v) is 17.9. The van der Waals surface area contributed by atoms with Gasteiger partial charge in [0.1, 0.15) is 0 Å². The molecule has 0 saturated heterocycles. The van der Waals surface area contributed by atoms with Crippen molar-refractivity contribution in [2.45, 2.75) is 77.3 Å². The van der Waals surface area contributed by atoms with E-state index < -0.39 is 0 Å². The summed E-state index contributed by atoms with van der Waals surface area (Å²) in [6.07, 6.45) is 22.1. The van der Waals surface area contributed by atoms with Gasteiger partial charge in [0.05, 0.1) is 10.7 Å². The fourth-order valence-corrected chi connectivity index (χ4v) is 3.50. The molecule has 0 saturated carbocycles. The normalized spacial score (nSPS) is 10.8. The van der Waals surface area contributed by atoms with Crippen LogP contribution in [0.15, 0.2) is 59.0 Å². The molecule has 0 N–H and O–H groups in total. The van der Waals surface area contributed by atoms with E-state index in [0.717, 1.165) is 23.8 Å². The lowest BCUT2D eigenvalue weighted by Gasteiger charge is -2.07. The van der Waals surface area contributed by atoms with Gasteiger partial charge in [0, 0.05) is 52.0 Å². The Morgan fingerprint density at radius 3 is 1.07 bits per heavy atom. The summed E-state index contributed by atoms with van der Waals surface area (Å²) < 4.78 is 4.53. The minimum atomic E-state index is 1.05. The number of nitrogens with zero attached hydrogens (tertiary/aromatic N) is 4. The van der Waals surface area contributed by atoms with Gasteiger partial charge >= 0.3 is 0 Å². The van der Waals surface area contributed by atoms with E-state index >= 15 is 0 Å². The van der Waals surface area contributed by atoms with Crippen molar-refractivity contribution in [2.75, 3.05) is 14.1 Å². The van der Waals surface area contributed by atoms with Crippen LogP contribution in [0.2, 0.25) is 0 Å². The number of hydrogen-bond acceptors (Lipinski definition) is 2. The van der Waals surface area contributed by atoms with Crippen LogP contribution in [0.1, 0.15) is 64.2 Å². The number of hydrogen-bond donors (Lipinski definition) is 0. The first-order chi connectivity index (χ1) is 13.8. The Kier molecular flexibility index (Phi) is 11.1. The largest absolute Gasteiger partial charge is 0.354 e. The number of pyridine rings is 2. The molecule has 0 aliphatic rings. The Morgan fingerprint density at radius 2 is 0.786 bits per heavy atom. The van der Waals surface area contributed by atoms with Crippen LogP contribution in [0.3, 0.4) is 0 Å². The van der Waals surface area contributed by atoms with Crippen LogP contribution >= 0.6 is 0 Å². The average Bonchev–Trinajstić information content (AvgIpc) is 2.75. The third-order valence-corrected chi connectivity index (χ3v) is 5.35. The standard InChI is InChI=1S/C24H38N4/c1-25-23-13-19-27(20-14-23)17-11-9-7-5-3-4-6-8-10-12-18-28-21-15-24(26-2)16-22-28/h13-16,19-22H,3-12,17-18H2,1-2H3. The molecule has 0 aliphatic carbocycles. The summed E-state index contributed by atoms with van der Waals surface area (Å²) >= 11 is 0. The monoisotopic (exact) mass is 382 g/mol. The number of rotatable bonds is 13. The zero-order chi connectivity index (χ0) is 19.9. The summed E-state index contributed by atoms with van der Waals surface area (Å²) in [5.74, 6) is 0. The molecule has 0 unspecified atom stereocenters. The predicted octanol–water partition coefficient (Wildman–Crippen LogP) is 4.95. The molecule has 0 radical (unpaired) electrons. The van der Waals surface area contributed by atoms with Gasteiger partial charge in [-0.25, -0.2) is 0 Å². The highest BCUT2D eigenvalue weighted by Crippen LogP contribution is 2.11. The van der Waals surface area contributed by atoms with Gasteiger partial charge in [-0.15, -0.1) is 0 Å². The summed E-state index contributed by atoms with van der Waals surface area (Å²) in [5, 5.41) is 2.11. The maximum Gasteiger partial charge on any atom is 0.0599 e. The molecule has 0 aromatic carbocycles. The van der Waals surface area contributed by atoms with Gasteiger partial charge < -0.3 is 9.13 Å². The van der Waals surface area contributed by atoms with E-state index in [2.05, 4.69) is 68.2 Å². The van der Waals surface area contributed by atoms with Crippen molar-refractivity contribution in [1.82, 2.24) is 9.13 Å². The Hall–Kier alpha value is -2.10. The van der Waals surface area contributed by atoms with Crippen molar-refractivity contribution >= 4 is 0 Å². The summed E-state index contributed by atoms with van der Waals surface area (Å²) in [5.41, 5.74) is 0. The van der Waals surface area contributed by atoms with Gasteiger partial charge in [0.2, 0.25) is 0 Å². The maximum absolute atomic E-state index is 4.18. The second kappa shape index (κ2) is 14.0. The molecule has 2 heterocycles. The quantitative estimate of drug-likeness (QED) is 0.439. The topological polar surface area (TPSA) is 34.6 Å². The molecular weight excluding hydrogens is 344 g/mol. The van der Waals surface area contributed by atoms with Gasteiger partial charge in [-0.1, -0.05) is 51.4 Å². The summed E-state index contributed by atoms with van der Waals surface area (Å²) in [4.78, 5) is 8.35. The molecule has 0 aliphatic heterocycles. The molecule has 0 atom stereocenters. The Morgan fingerprint density at radius 1 is 0.500 bits per heavy atom. The van der Waals surface area contributed by atoms with Crippen LogP contribution in [-0.2, 0) is 13.1 Å². The first-order valence-corrected chi connectivity index (χ1v) is 11.0. The molecule has 0 amide bonds. The van der Waals surface area contributed by atoms with Crippen LogP contribution in [0.4, 0.5) is 0 Å². The predicted molar refractivity (Wildman–Crippen MR) is 118 cm³/mol. The molecule has 2 aromatic rings. The minimum Gasteiger partial charge on any atom is -0.354 e. The molecule has 4 nitrogen and oxygen atoms in total. The fraction of sp³-hybridized carbons (Fsp3) is 0.583. The summed E-state index contributed by atoms with van der Waals surface area (Å²) in [7, 11) is 3.67. The second-order valence-electron chi connectivity index (χ2n) is 7.57. The molecule has 0 bridgehead atoms. The van der Waals surface area contributed by atoms with Crippen molar-refractivity contribution in [1.29, 1.82) is 0 Å². The van der Waals surface area contributed by atoms with Gasteiger partial charge in [0.25, 0.3) is 0 Å². The highest BCUT2D eigenvalue weighted by Gasteiger charge is 1.95. The van der Waals surface area contributed by atoms with Crippen LogP contribution < -0.4 is 10.7 Å². The van der Waals surface area contributed by atoms with Crippen LogP contribution in [-0.4, -0.2) is 23.2 Å². The highest BCUT2D eigenvalue weighted by molar-refractivity contribution is 4.93. The van der Waals surface area contributed by atoms with Crippen molar-refractivity contribution in [3.8, 4) is 0 Å². The molecule has 28 heavy (non-hydrogen) atoms. The van der Waals surface area contributed by atoms with Gasteiger partial charge in [-0.2, -0.15) is 0 Å². The van der Waals surface area contributed by atoms with E-state index in [9.17, 15) is 0 Å². The molecule has 0 spiro atoms. The average molecular weight is 383 g/mol. The third-order valence-electron chi connectivity index (χ3n) is 5.35. The lowest BCUT2D eigenvalue weighted by molar-refractivity contribution is 0.521. The van der Waals surface area contributed by atoms with Crippen molar-refractivity contribution in [3.63, 3.8) is 0 Å². The first-order valence-electron chi connectivity index (χ1n) is 11.0. The zero-order valence-electron chi connectivity index (χ0n) is 17.9. The first kappa shape index (κ1) is 22.2. The van der Waals surface area contributed by atoms with Gasteiger partial charge in [-0.05, 0) is 37.1 Å². The third kappa shape index (κ3) is 9.20. The van der Waals surface area contributed by atoms with Crippen LogP contribution in [0.25, 0.3) is 0 Å². The lowest BCUT2D eigenvalue weighted by Crippen LogP contribution is -2.05. The van der Waals surface area contributed by atoms with Gasteiger partial charge in [0.15, 0.2) is 0 Å². The maximum atomic E-state index is 4.18. The minimum absolute atomic E-state index is 1.05. The molecule has 4 heteroatoms. The molecule has 154 valence electrons. The van der Waals surface area contributed by atoms with E-state index in [4.69, 9.17) is 0 Å². The van der Waals surface area contributed by atoms with Crippen LogP contribution in [0.5, 0.6) is 0 Å². The Bertz CT molecular complexity index is 677. The molecule has 0 fully saturated rings. The van der Waals surface area contributed by atoms with E-state index in [1.54, 1.807) is 0 Å². The number of aromatic nitrogens is 2. The second-order valence-corrected chi connectivity index (χ2v) is 7.57. The summed E-state index contributed by atoms with van der Waals surface area (Å²) in [6.45, 7) is 2.25. The Balaban J connectivity index is 1.38. The lowest BCUT2D eigenvalue weighted by atomic mass is 10.1. The van der Waals surface area contributed by atoms with Crippen molar-refractivity contribution < 1.29 is 0 Å². The van der Waals surface area contributed by atoms with E-state index in [1.807, 2.05) is 14.1 Å². The fourth-order valence-electron chi connectivity index (χ4n) is 3.50. The van der Waals surface area contributed by atoms with E-state index in [0.29, 0.717) is 0 Å². The molecular formula is C24H38N4. The smallest absolute Gasteiger partial charge is 0.0599 e. The Labute approximate surface area is 170 Å². The van der Waals surface area contributed by atoms with E-state index in [1.165, 1.54) is 64.2 Å². The summed E-state index contributed by atoms with van der Waals surface area (Å²) in [6, 6.07) is 8.32. The highest BCUT2D eigenvalue weighted by atomic mass is 14.9.